The summed E-state index contributed by atoms with van der Waals surface area (Å²) in [5.41, 5.74) is 0. The average molecular weight is 173 g/mol. The lowest BCUT2D eigenvalue weighted by molar-refractivity contribution is -0.142. The first kappa shape index (κ1) is 11.4. The minimum absolute atomic E-state index is 0.117. The Hall–Kier alpha value is -0.570. The van der Waals surface area contributed by atoms with Crippen LogP contribution in [-0.2, 0) is 9.53 Å². The highest BCUT2D eigenvalue weighted by Crippen LogP contribution is 1.89. The van der Waals surface area contributed by atoms with Gasteiger partial charge in [-0.3, -0.25) is 4.79 Å². The van der Waals surface area contributed by atoms with Crippen LogP contribution in [0.25, 0.3) is 0 Å². The van der Waals surface area contributed by atoms with Gasteiger partial charge in [-0.05, 0) is 20.3 Å². The molecule has 0 aliphatic heterocycles. The van der Waals surface area contributed by atoms with Crippen LogP contribution in [0.15, 0.2) is 0 Å². The molecule has 0 aromatic heterocycles. The Morgan fingerprint density at radius 2 is 2.17 bits per heavy atom. The summed E-state index contributed by atoms with van der Waals surface area (Å²) >= 11 is 0. The van der Waals surface area contributed by atoms with Crippen molar-refractivity contribution in [2.45, 2.75) is 39.7 Å². The van der Waals surface area contributed by atoms with Crippen LogP contribution in [-0.4, -0.2) is 25.2 Å². The van der Waals surface area contributed by atoms with Crippen molar-refractivity contribution in [3.8, 4) is 0 Å². The van der Waals surface area contributed by atoms with Gasteiger partial charge in [0, 0.05) is 12.6 Å². The summed E-state index contributed by atoms with van der Waals surface area (Å²) in [5, 5.41) is 3.22. The van der Waals surface area contributed by atoms with Crippen molar-refractivity contribution >= 4 is 5.97 Å². The molecule has 0 radical (unpaired) electrons. The molecular formula is C9H19NO2. The highest BCUT2D eigenvalue weighted by Gasteiger charge is 2.02. The van der Waals surface area contributed by atoms with E-state index in [1.54, 1.807) is 0 Å². The van der Waals surface area contributed by atoms with Gasteiger partial charge in [-0.2, -0.15) is 0 Å². The van der Waals surface area contributed by atoms with Crippen molar-refractivity contribution in [2.75, 3.05) is 13.2 Å². The first-order valence-corrected chi connectivity index (χ1v) is 4.59. The molecule has 0 heterocycles. The van der Waals surface area contributed by atoms with Crippen LogP contribution in [0.4, 0.5) is 0 Å². The second kappa shape index (κ2) is 7.10. The number of hydrogen-bond acceptors (Lipinski definition) is 3. The molecule has 3 nitrogen and oxygen atoms in total. The lowest BCUT2D eigenvalue weighted by atomic mass is 10.2. The molecule has 1 atom stereocenters. The number of rotatable bonds is 6. The van der Waals surface area contributed by atoms with Crippen molar-refractivity contribution in [2.24, 2.45) is 0 Å². The SMILES string of the molecule is CCOC(=O)CCN[C@@H](C)CC. The van der Waals surface area contributed by atoms with Gasteiger partial charge in [-0.15, -0.1) is 0 Å². The fourth-order valence-electron chi connectivity index (χ4n) is 0.798. The van der Waals surface area contributed by atoms with E-state index in [0.29, 0.717) is 25.6 Å². The molecule has 0 aliphatic rings. The molecule has 0 aromatic rings. The van der Waals surface area contributed by atoms with Crippen molar-refractivity contribution in [1.82, 2.24) is 5.32 Å². The van der Waals surface area contributed by atoms with E-state index in [2.05, 4.69) is 19.2 Å². The molecule has 0 saturated carbocycles. The summed E-state index contributed by atoms with van der Waals surface area (Å²) < 4.78 is 4.78. The molecule has 0 unspecified atom stereocenters. The Balaban J connectivity index is 3.24. The molecule has 0 aliphatic carbocycles. The highest BCUT2D eigenvalue weighted by atomic mass is 16.5. The van der Waals surface area contributed by atoms with Crippen molar-refractivity contribution in [3.05, 3.63) is 0 Å². The maximum absolute atomic E-state index is 10.9. The van der Waals surface area contributed by atoms with E-state index in [0.717, 1.165) is 6.42 Å². The van der Waals surface area contributed by atoms with Gasteiger partial charge < -0.3 is 10.1 Å². The molecule has 0 fully saturated rings. The van der Waals surface area contributed by atoms with Crippen molar-refractivity contribution in [3.63, 3.8) is 0 Å². The van der Waals surface area contributed by atoms with Gasteiger partial charge in [0.2, 0.25) is 0 Å². The molecule has 12 heavy (non-hydrogen) atoms. The summed E-state index contributed by atoms with van der Waals surface area (Å²) in [6, 6.07) is 0.486. The van der Waals surface area contributed by atoms with E-state index >= 15 is 0 Å². The summed E-state index contributed by atoms with van der Waals surface area (Å²) in [6.07, 6.45) is 1.56. The second-order valence-electron chi connectivity index (χ2n) is 2.82. The third kappa shape index (κ3) is 6.16. The van der Waals surface area contributed by atoms with Crippen LogP contribution in [0.1, 0.15) is 33.6 Å². The zero-order valence-corrected chi connectivity index (χ0v) is 8.22. The third-order valence-electron chi connectivity index (χ3n) is 1.74. The summed E-state index contributed by atoms with van der Waals surface area (Å²) in [6.45, 7) is 7.23. The minimum Gasteiger partial charge on any atom is -0.466 e. The smallest absolute Gasteiger partial charge is 0.307 e. The molecule has 3 heteroatoms. The summed E-state index contributed by atoms with van der Waals surface area (Å²) in [5.74, 6) is -0.117. The van der Waals surface area contributed by atoms with Crippen LogP contribution in [0, 0.1) is 0 Å². The fraction of sp³-hybridized carbons (Fsp3) is 0.889. The molecule has 72 valence electrons. The number of hydrogen-bond donors (Lipinski definition) is 1. The normalized spacial score (nSPS) is 12.6. The molecule has 0 saturated heterocycles. The van der Waals surface area contributed by atoms with Crippen molar-refractivity contribution < 1.29 is 9.53 Å². The Kier molecular flexibility index (Phi) is 6.76. The van der Waals surface area contributed by atoms with Gasteiger partial charge in [0.25, 0.3) is 0 Å². The molecular weight excluding hydrogens is 154 g/mol. The standard InChI is InChI=1S/C9H19NO2/c1-4-8(3)10-7-6-9(11)12-5-2/h8,10H,4-7H2,1-3H3/t8-/m0/s1. The highest BCUT2D eigenvalue weighted by molar-refractivity contribution is 5.69. The monoisotopic (exact) mass is 173 g/mol. The number of carbonyl (C=O) groups excluding carboxylic acids is 1. The molecule has 1 N–H and O–H groups in total. The quantitative estimate of drug-likeness (QED) is 0.616. The number of nitrogens with one attached hydrogen (secondary N) is 1. The zero-order valence-electron chi connectivity index (χ0n) is 8.22. The minimum atomic E-state index is -0.117. The maximum atomic E-state index is 10.9. The lowest BCUT2D eigenvalue weighted by Crippen LogP contribution is -2.27. The Morgan fingerprint density at radius 3 is 2.67 bits per heavy atom. The van der Waals surface area contributed by atoms with Gasteiger partial charge in [-0.25, -0.2) is 0 Å². The van der Waals surface area contributed by atoms with E-state index in [-0.39, 0.29) is 5.97 Å². The molecule has 0 bridgehead atoms. The molecule has 0 rings (SSSR count). The fourth-order valence-corrected chi connectivity index (χ4v) is 0.798. The Bertz CT molecular complexity index is 126. The van der Waals surface area contributed by atoms with Crippen LogP contribution < -0.4 is 5.32 Å². The zero-order chi connectivity index (χ0) is 9.40. The Labute approximate surface area is 74.5 Å². The summed E-state index contributed by atoms with van der Waals surface area (Å²) in [7, 11) is 0. The second-order valence-corrected chi connectivity index (χ2v) is 2.82. The molecule has 0 aromatic carbocycles. The Morgan fingerprint density at radius 1 is 1.50 bits per heavy atom. The van der Waals surface area contributed by atoms with E-state index in [9.17, 15) is 4.79 Å². The van der Waals surface area contributed by atoms with Crippen LogP contribution >= 0.6 is 0 Å². The van der Waals surface area contributed by atoms with Gasteiger partial charge >= 0.3 is 5.97 Å². The van der Waals surface area contributed by atoms with Gasteiger partial charge in [0.05, 0.1) is 13.0 Å². The molecule has 0 amide bonds. The van der Waals surface area contributed by atoms with E-state index < -0.39 is 0 Å². The third-order valence-corrected chi connectivity index (χ3v) is 1.74. The number of ether oxygens (including phenoxy) is 1. The maximum Gasteiger partial charge on any atom is 0.307 e. The van der Waals surface area contributed by atoms with Crippen LogP contribution in [0.3, 0.4) is 0 Å². The number of carbonyl (C=O) groups is 1. The molecule has 0 spiro atoms. The number of esters is 1. The first-order valence-electron chi connectivity index (χ1n) is 4.59. The predicted molar refractivity (Wildman–Crippen MR) is 49.0 cm³/mol. The lowest BCUT2D eigenvalue weighted by Gasteiger charge is -2.09. The van der Waals surface area contributed by atoms with Gasteiger partial charge in [-0.1, -0.05) is 6.92 Å². The first-order chi connectivity index (χ1) is 5.70. The summed E-state index contributed by atoms with van der Waals surface area (Å²) in [4.78, 5) is 10.9. The predicted octanol–water partition coefficient (Wildman–Crippen LogP) is 1.33. The topological polar surface area (TPSA) is 38.3 Å². The van der Waals surface area contributed by atoms with Gasteiger partial charge in [0.1, 0.15) is 0 Å². The van der Waals surface area contributed by atoms with Crippen LogP contribution in [0.5, 0.6) is 0 Å². The van der Waals surface area contributed by atoms with Gasteiger partial charge in [0.15, 0.2) is 0 Å². The van der Waals surface area contributed by atoms with Crippen molar-refractivity contribution in [1.29, 1.82) is 0 Å². The van der Waals surface area contributed by atoms with E-state index in [1.165, 1.54) is 0 Å². The van der Waals surface area contributed by atoms with E-state index in [4.69, 9.17) is 4.74 Å². The largest absolute Gasteiger partial charge is 0.466 e. The average Bonchev–Trinajstić information content (AvgIpc) is 2.04. The van der Waals surface area contributed by atoms with E-state index in [1.807, 2.05) is 6.92 Å². The van der Waals surface area contributed by atoms with Crippen LogP contribution in [0.2, 0.25) is 0 Å².